The number of rotatable bonds is 1. The highest BCUT2D eigenvalue weighted by Crippen LogP contribution is 2.37. The van der Waals surface area contributed by atoms with Crippen LogP contribution >= 0.6 is 0 Å². The van der Waals surface area contributed by atoms with Crippen LogP contribution in [0.25, 0.3) is 0 Å². The summed E-state index contributed by atoms with van der Waals surface area (Å²) in [5, 5.41) is 3.16. The van der Waals surface area contributed by atoms with E-state index in [2.05, 4.69) is 31.1 Å². The lowest BCUT2D eigenvalue weighted by Gasteiger charge is -2.40. The van der Waals surface area contributed by atoms with Gasteiger partial charge >= 0.3 is 6.03 Å². The minimum absolute atomic E-state index is 0.0614. The van der Waals surface area contributed by atoms with Crippen molar-refractivity contribution in [1.29, 1.82) is 0 Å². The van der Waals surface area contributed by atoms with Crippen LogP contribution in [0.4, 0.5) is 4.79 Å². The Bertz CT molecular complexity index is 392. The number of hydrogen-bond donors (Lipinski definition) is 1. The number of nitrogens with one attached hydrogen (secondary N) is 1. The zero-order valence-electron chi connectivity index (χ0n) is 11.5. The van der Waals surface area contributed by atoms with Crippen molar-refractivity contribution in [2.24, 2.45) is 11.3 Å². The number of amides is 1. The monoisotopic (exact) mass is 249 g/mol. The van der Waals surface area contributed by atoms with Gasteiger partial charge in [0, 0.05) is 18.4 Å². The van der Waals surface area contributed by atoms with Gasteiger partial charge in [0.05, 0.1) is 0 Å². The number of carbonyl (C=O) groups is 1. The third-order valence-corrected chi connectivity index (χ3v) is 3.93. The summed E-state index contributed by atoms with van der Waals surface area (Å²) in [6.45, 7) is 6.79. The summed E-state index contributed by atoms with van der Waals surface area (Å²) >= 11 is 0. The van der Waals surface area contributed by atoms with Crippen molar-refractivity contribution in [2.75, 3.05) is 0 Å². The Kier molecular flexibility index (Phi) is 3.73. The van der Waals surface area contributed by atoms with E-state index in [0.717, 1.165) is 6.42 Å². The van der Waals surface area contributed by atoms with E-state index in [1.54, 1.807) is 18.7 Å². The lowest BCUT2D eigenvalue weighted by molar-refractivity contribution is 0.134. The smallest absolute Gasteiger partial charge is 0.327 e. The Labute approximate surface area is 109 Å². The van der Waals surface area contributed by atoms with E-state index in [-0.39, 0.29) is 17.5 Å². The van der Waals surface area contributed by atoms with Crippen LogP contribution in [0.2, 0.25) is 0 Å². The summed E-state index contributed by atoms with van der Waals surface area (Å²) < 4.78 is 1.51. The van der Waals surface area contributed by atoms with E-state index < -0.39 is 0 Å². The van der Waals surface area contributed by atoms with Crippen molar-refractivity contribution in [3.05, 3.63) is 18.7 Å². The molecule has 0 bridgehead atoms. The van der Waals surface area contributed by atoms with Gasteiger partial charge in [0.2, 0.25) is 0 Å². The first kappa shape index (κ1) is 13.1. The topological polar surface area (TPSA) is 46.9 Å². The van der Waals surface area contributed by atoms with Gasteiger partial charge in [0.15, 0.2) is 0 Å². The minimum Gasteiger partial charge on any atom is -0.334 e. The molecule has 1 aliphatic rings. The first-order valence-corrected chi connectivity index (χ1v) is 6.77. The fourth-order valence-electron chi connectivity index (χ4n) is 2.95. The van der Waals surface area contributed by atoms with Gasteiger partial charge in [-0.05, 0) is 24.2 Å². The maximum absolute atomic E-state index is 12.1. The molecule has 1 heterocycles. The van der Waals surface area contributed by atoms with Gasteiger partial charge in [0.25, 0.3) is 0 Å². The second-order valence-electron chi connectivity index (χ2n) is 6.28. The molecule has 1 amide bonds. The van der Waals surface area contributed by atoms with E-state index in [0.29, 0.717) is 5.92 Å². The molecule has 1 saturated carbocycles. The van der Waals surface area contributed by atoms with Gasteiger partial charge in [0.1, 0.15) is 6.33 Å². The molecule has 100 valence electrons. The van der Waals surface area contributed by atoms with Crippen LogP contribution in [0.1, 0.15) is 46.5 Å². The second kappa shape index (κ2) is 5.12. The molecule has 1 N–H and O–H groups in total. The highest BCUT2D eigenvalue weighted by atomic mass is 16.2. The molecule has 0 radical (unpaired) electrons. The number of aromatic nitrogens is 2. The molecule has 2 unspecified atom stereocenters. The molecule has 0 spiro atoms. The van der Waals surface area contributed by atoms with Crippen molar-refractivity contribution in [1.82, 2.24) is 14.9 Å². The maximum atomic E-state index is 12.1. The van der Waals surface area contributed by atoms with Crippen LogP contribution in [0.3, 0.4) is 0 Å². The summed E-state index contributed by atoms with van der Waals surface area (Å²) in [5.74, 6) is 0.554. The molecule has 0 aromatic carbocycles. The number of hydrogen-bond acceptors (Lipinski definition) is 2. The van der Waals surface area contributed by atoms with Crippen LogP contribution in [0.5, 0.6) is 0 Å². The van der Waals surface area contributed by atoms with Gasteiger partial charge < -0.3 is 5.32 Å². The van der Waals surface area contributed by atoms with Crippen molar-refractivity contribution in [2.45, 2.75) is 52.5 Å². The van der Waals surface area contributed by atoms with Crippen LogP contribution in [-0.2, 0) is 0 Å². The highest BCUT2D eigenvalue weighted by Gasteiger charge is 2.34. The third-order valence-electron chi connectivity index (χ3n) is 3.93. The predicted molar refractivity (Wildman–Crippen MR) is 71.4 cm³/mol. The molecular formula is C14H23N3O. The van der Waals surface area contributed by atoms with E-state index in [1.807, 2.05) is 0 Å². The quantitative estimate of drug-likeness (QED) is 0.831. The largest absolute Gasteiger partial charge is 0.334 e. The fourth-order valence-corrected chi connectivity index (χ4v) is 2.95. The van der Waals surface area contributed by atoms with E-state index in [9.17, 15) is 4.79 Å². The SMILES string of the molecule is CC(C)(C)C1CCCCC1NC(=O)n1ccnc1. The first-order valence-electron chi connectivity index (χ1n) is 6.77. The van der Waals surface area contributed by atoms with Gasteiger partial charge in [-0.3, -0.25) is 4.57 Å². The van der Waals surface area contributed by atoms with Gasteiger partial charge in [-0.1, -0.05) is 33.6 Å². The Morgan fingerprint density at radius 3 is 2.67 bits per heavy atom. The Morgan fingerprint density at radius 2 is 2.06 bits per heavy atom. The molecule has 18 heavy (non-hydrogen) atoms. The second-order valence-corrected chi connectivity index (χ2v) is 6.28. The van der Waals surface area contributed by atoms with Gasteiger partial charge in [-0.15, -0.1) is 0 Å². The summed E-state index contributed by atoms with van der Waals surface area (Å²) in [4.78, 5) is 16.0. The summed E-state index contributed by atoms with van der Waals surface area (Å²) in [7, 11) is 0. The van der Waals surface area contributed by atoms with Crippen molar-refractivity contribution in [3.8, 4) is 0 Å². The molecular weight excluding hydrogens is 226 g/mol. The summed E-state index contributed by atoms with van der Waals surface area (Å²) in [6.07, 6.45) is 9.64. The fraction of sp³-hybridized carbons (Fsp3) is 0.714. The van der Waals surface area contributed by atoms with E-state index in [1.165, 1.54) is 23.8 Å². The van der Waals surface area contributed by atoms with E-state index >= 15 is 0 Å². The highest BCUT2D eigenvalue weighted by molar-refractivity contribution is 5.76. The van der Waals surface area contributed by atoms with Gasteiger partial charge in [-0.25, -0.2) is 9.78 Å². The Hall–Kier alpha value is -1.32. The van der Waals surface area contributed by atoms with Crippen LogP contribution in [0.15, 0.2) is 18.7 Å². The van der Waals surface area contributed by atoms with Crippen molar-refractivity contribution in [3.63, 3.8) is 0 Å². The zero-order valence-corrected chi connectivity index (χ0v) is 11.5. The molecule has 1 aromatic rings. The molecule has 2 atom stereocenters. The normalized spacial score (nSPS) is 24.8. The average molecular weight is 249 g/mol. The maximum Gasteiger partial charge on any atom is 0.327 e. The molecule has 1 aliphatic carbocycles. The predicted octanol–water partition coefficient (Wildman–Crippen LogP) is 3.05. The lowest BCUT2D eigenvalue weighted by atomic mass is 9.69. The van der Waals surface area contributed by atoms with Crippen LogP contribution in [-0.4, -0.2) is 21.6 Å². The van der Waals surface area contributed by atoms with Crippen LogP contribution < -0.4 is 5.32 Å². The molecule has 1 fully saturated rings. The lowest BCUT2D eigenvalue weighted by Crippen LogP contribution is -2.47. The molecule has 0 aliphatic heterocycles. The van der Waals surface area contributed by atoms with Crippen molar-refractivity contribution >= 4 is 6.03 Å². The Morgan fingerprint density at radius 1 is 1.33 bits per heavy atom. The first-order chi connectivity index (χ1) is 8.48. The average Bonchev–Trinajstić information content (AvgIpc) is 2.81. The van der Waals surface area contributed by atoms with E-state index in [4.69, 9.17) is 0 Å². The molecule has 4 heteroatoms. The summed E-state index contributed by atoms with van der Waals surface area (Å²) in [6, 6.07) is 0.224. The zero-order chi connectivity index (χ0) is 13.2. The minimum atomic E-state index is -0.0614. The third kappa shape index (κ3) is 2.92. The number of nitrogens with zero attached hydrogens (tertiary/aromatic N) is 2. The Balaban J connectivity index is 2.04. The standard InChI is InChI=1S/C14H23N3O/c1-14(2,3)11-6-4-5-7-12(11)16-13(18)17-9-8-15-10-17/h8-12H,4-7H2,1-3H3,(H,16,18). The van der Waals surface area contributed by atoms with Gasteiger partial charge in [-0.2, -0.15) is 0 Å². The molecule has 4 nitrogen and oxygen atoms in total. The van der Waals surface area contributed by atoms with Crippen molar-refractivity contribution < 1.29 is 4.79 Å². The molecule has 2 rings (SSSR count). The number of imidazole rings is 1. The molecule has 0 saturated heterocycles. The summed E-state index contributed by atoms with van der Waals surface area (Å²) in [5.41, 5.74) is 0.243. The molecule has 1 aromatic heterocycles. The number of carbonyl (C=O) groups excluding carboxylic acids is 1. The van der Waals surface area contributed by atoms with Crippen LogP contribution in [0, 0.1) is 11.3 Å².